The second-order valence-electron chi connectivity index (χ2n) is 6.02. The minimum atomic E-state index is 0.0902. The van der Waals surface area contributed by atoms with Crippen LogP contribution in [0.4, 0.5) is 0 Å². The SMILES string of the molecule is CCC1=C2c3nc4ccccc4cc3CN2C(=O)C(C)C1. The average Bonchev–Trinajstić information content (AvgIpc) is 2.87. The molecule has 3 heterocycles. The first kappa shape index (κ1) is 12.6. The number of benzene rings is 1. The molecule has 4 rings (SSSR count). The Morgan fingerprint density at radius 1 is 1.33 bits per heavy atom. The molecule has 0 N–H and O–H groups in total. The highest BCUT2D eigenvalue weighted by Gasteiger charge is 2.38. The predicted octanol–water partition coefficient (Wildman–Crippen LogP) is 3.74. The summed E-state index contributed by atoms with van der Waals surface area (Å²) in [4.78, 5) is 19.3. The smallest absolute Gasteiger partial charge is 0.230 e. The molecular weight excluding hydrogens is 260 g/mol. The standard InChI is InChI=1S/C18H18N2O/c1-3-12-8-11(2)18(21)20-10-14-9-13-6-4-5-7-15(13)19-16(14)17(12)20/h4-7,9,11H,3,8,10H2,1-2H3. The van der Waals surface area contributed by atoms with Crippen LogP contribution in [0.3, 0.4) is 0 Å². The first-order valence-corrected chi connectivity index (χ1v) is 7.61. The molecule has 0 radical (unpaired) electrons. The van der Waals surface area contributed by atoms with E-state index in [4.69, 9.17) is 4.98 Å². The van der Waals surface area contributed by atoms with E-state index in [9.17, 15) is 4.79 Å². The van der Waals surface area contributed by atoms with Crippen molar-refractivity contribution in [1.82, 2.24) is 9.88 Å². The fourth-order valence-electron chi connectivity index (χ4n) is 3.54. The van der Waals surface area contributed by atoms with Crippen LogP contribution < -0.4 is 0 Å². The van der Waals surface area contributed by atoms with Crippen molar-refractivity contribution in [3.05, 3.63) is 47.2 Å². The van der Waals surface area contributed by atoms with Crippen molar-refractivity contribution in [3.63, 3.8) is 0 Å². The van der Waals surface area contributed by atoms with Gasteiger partial charge in [0.2, 0.25) is 5.91 Å². The van der Waals surface area contributed by atoms with Crippen molar-refractivity contribution >= 4 is 22.5 Å². The van der Waals surface area contributed by atoms with E-state index < -0.39 is 0 Å². The summed E-state index contributed by atoms with van der Waals surface area (Å²) in [5.74, 6) is 0.330. The number of hydrogen-bond acceptors (Lipinski definition) is 2. The van der Waals surface area contributed by atoms with Gasteiger partial charge in [0.25, 0.3) is 0 Å². The third kappa shape index (κ3) is 1.73. The summed E-state index contributed by atoms with van der Waals surface area (Å²) in [6, 6.07) is 10.4. The molecule has 0 saturated carbocycles. The lowest BCUT2D eigenvalue weighted by Gasteiger charge is -2.30. The number of pyridine rings is 1. The summed E-state index contributed by atoms with van der Waals surface area (Å²) < 4.78 is 0. The van der Waals surface area contributed by atoms with Gasteiger partial charge in [-0.1, -0.05) is 32.0 Å². The summed E-state index contributed by atoms with van der Waals surface area (Å²) >= 11 is 0. The van der Waals surface area contributed by atoms with E-state index >= 15 is 0 Å². The van der Waals surface area contributed by atoms with Crippen LogP contribution in [-0.2, 0) is 11.3 Å². The van der Waals surface area contributed by atoms with E-state index in [1.807, 2.05) is 30.0 Å². The monoisotopic (exact) mass is 278 g/mol. The first-order valence-electron chi connectivity index (χ1n) is 7.61. The lowest BCUT2D eigenvalue weighted by atomic mass is 9.91. The fourth-order valence-corrected chi connectivity index (χ4v) is 3.54. The molecule has 2 aromatic rings. The van der Waals surface area contributed by atoms with Crippen LogP contribution in [0.25, 0.3) is 16.6 Å². The third-order valence-corrected chi connectivity index (χ3v) is 4.63. The summed E-state index contributed by atoms with van der Waals surface area (Å²) in [6.45, 7) is 4.87. The molecule has 106 valence electrons. The molecule has 1 amide bonds. The van der Waals surface area contributed by atoms with Crippen LogP contribution in [0.2, 0.25) is 0 Å². The maximum absolute atomic E-state index is 12.5. The Morgan fingerprint density at radius 3 is 2.95 bits per heavy atom. The van der Waals surface area contributed by atoms with Crippen molar-refractivity contribution in [2.75, 3.05) is 0 Å². The van der Waals surface area contributed by atoms with Crippen molar-refractivity contribution in [3.8, 4) is 0 Å². The van der Waals surface area contributed by atoms with Crippen LogP contribution >= 0.6 is 0 Å². The lowest BCUT2D eigenvalue weighted by Crippen LogP contribution is -2.34. The molecule has 0 spiro atoms. The third-order valence-electron chi connectivity index (χ3n) is 4.63. The van der Waals surface area contributed by atoms with Gasteiger partial charge in [0.05, 0.1) is 23.5 Å². The Hall–Kier alpha value is -2.16. The molecule has 3 heteroatoms. The van der Waals surface area contributed by atoms with Gasteiger partial charge in [0.15, 0.2) is 0 Å². The van der Waals surface area contributed by atoms with Gasteiger partial charge in [-0.3, -0.25) is 4.79 Å². The van der Waals surface area contributed by atoms with Gasteiger partial charge in [0, 0.05) is 16.9 Å². The van der Waals surface area contributed by atoms with Crippen LogP contribution in [0, 0.1) is 5.92 Å². The largest absolute Gasteiger partial charge is 0.306 e. The van der Waals surface area contributed by atoms with Gasteiger partial charge in [-0.2, -0.15) is 0 Å². The highest BCUT2D eigenvalue weighted by atomic mass is 16.2. The van der Waals surface area contributed by atoms with E-state index in [1.54, 1.807) is 0 Å². The summed E-state index contributed by atoms with van der Waals surface area (Å²) in [7, 11) is 0. The van der Waals surface area contributed by atoms with Gasteiger partial charge in [0.1, 0.15) is 0 Å². The number of carbonyl (C=O) groups excluding carboxylic acids is 1. The van der Waals surface area contributed by atoms with Crippen LogP contribution in [0.5, 0.6) is 0 Å². The number of para-hydroxylation sites is 1. The predicted molar refractivity (Wildman–Crippen MR) is 83.3 cm³/mol. The summed E-state index contributed by atoms with van der Waals surface area (Å²) in [5.41, 5.74) is 5.65. The molecule has 2 aliphatic heterocycles. The minimum absolute atomic E-state index is 0.0902. The second kappa shape index (κ2) is 4.42. The number of aromatic nitrogens is 1. The summed E-state index contributed by atoms with van der Waals surface area (Å²) in [6.07, 6.45) is 1.85. The topological polar surface area (TPSA) is 33.2 Å². The first-order chi connectivity index (χ1) is 10.2. The zero-order chi connectivity index (χ0) is 14.6. The molecule has 0 aliphatic carbocycles. The molecule has 1 atom stereocenters. The maximum Gasteiger partial charge on any atom is 0.230 e. The fraction of sp³-hybridized carbons (Fsp3) is 0.333. The molecule has 1 unspecified atom stereocenters. The van der Waals surface area contributed by atoms with Gasteiger partial charge in [-0.15, -0.1) is 0 Å². The number of nitrogens with zero attached hydrogens (tertiary/aromatic N) is 2. The molecule has 1 aromatic carbocycles. The zero-order valence-corrected chi connectivity index (χ0v) is 12.4. The Balaban J connectivity index is 1.97. The molecule has 21 heavy (non-hydrogen) atoms. The van der Waals surface area contributed by atoms with Crippen LogP contribution in [0.15, 0.2) is 35.9 Å². The highest BCUT2D eigenvalue weighted by molar-refractivity contribution is 5.95. The normalized spacial score (nSPS) is 21.0. The van der Waals surface area contributed by atoms with Gasteiger partial charge in [-0.25, -0.2) is 4.98 Å². The van der Waals surface area contributed by atoms with Crippen molar-refractivity contribution < 1.29 is 4.79 Å². The van der Waals surface area contributed by atoms with E-state index in [2.05, 4.69) is 19.1 Å². The Bertz CT molecular complexity index is 791. The zero-order valence-electron chi connectivity index (χ0n) is 12.4. The molecule has 1 aromatic heterocycles. The quantitative estimate of drug-likeness (QED) is 0.796. The number of carbonyl (C=O) groups is 1. The van der Waals surface area contributed by atoms with E-state index in [0.717, 1.165) is 35.1 Å². The Labute approximate surface area is 124 Å². The number of rotatable bonds is 1. The lowest BCUT2D eigenvalue weighted by molar-refractivity contribution is -0.132. The number of hydrogen-bond donors (Lipinski definition) is 0. The van der Waals surface area contributed by atoms with Crippen LogP contribution in [-0.4, -0.2) is 15.8 Å². The molecule has 0 saturated heterocycles. The molecule has 0 fully saturated rings. The Morgan fingerprint density at radius 2 is 2.14 bits per heavy atom. The van der Waals surface area contributed by atoms with E-state index in [1.165, 1.54) is 11.1 Å². The van der Waals surface area contributed by atoms with Gasteiger partial charge in [-0.05, 0) is 30.5 Å². The van der Waals surface area contributed by atoms with Gasteiger partial charge >= 0.3 is 0 Å². The maximum atomic E-state index is 12.5. The second-order valence-corrected chi connectivity index (χ2v) is 6.02. The minimum Gasteiger partial charge on any atom is -0.306 e. The van der Waals surface area contributed by atoms with Crippen molar-refractivity contribution in [1.29, 1.82) is 0 Å². The number of fused-ring (bicyclic) bond motifs is 4. The molecular formula is C18H18N2O. The summed E-state index contributed by atoms with van der Waals surface area (Å²) in [5, 5.41) is 1.15. The molecule has 3 nitrogen and oxygen atoms in total. The van der Waals surface area contributed by atoms with Crippen molar-refractivity contribution in [2.24, 2.45) is 5.92 Å². The Kier molecular flexibility index (Phi) is 2.64. The van der Waals surface area contributed by atoms with Gasteiger partial charge < -0.3 is 4.90 Å². The van der Waals surface area contributed by atoms with Crippen LogP contribution in [0.1, 0.15) is 37.9 Å². The van der Waals surface area contributed by atoms with E-state index in [-0.39, 0.29) is 11.8 Å². The van der Waals surface area contributed by atoms with Crippen molar-refractivity contribution in [2.45, 2.75) is 33.2 Å². The van der Waals surface area contributed by atoms with E-state index in [0.29, 0.717) is 6.54 Å². The highest BCUT2D eigenvalue weighted by Crippen LogP contribution is 2.42. The molecule has 2 aliphatic rings. The number of allylic oxidation sites excluding steroid dienone is 1. The average molecular weight is 278 g/mol. The number of amides is 1. The molecule has 0 bridgehead atoms.